The molecule has 5 heteroatoms. The van der Waals surface area contributed by atoms with Crippen molar-refractivity contribution < 1.29 is 9.59 Å². The van der Waals surface area contributed by atoms with Gasteiger partial charge < -0.3 is 10.6 Å². The zero-order valence-corrected chi connectivity index (χ0v) is 14.4. The topological polar surface area (TPSA) is 61.4 Å². The van der Waals surface area contributed by atoms with Crippen molar-refractivity contribution in [3.63, 3.8) is 0 Å². The zero-order chi connectivity index (χ0) is 16.9. The van der Waals surface area contributed by atoms with Crippen LogP contribution in [0.5, 0.6) is 0 Å². The average Bonchev–Trinajstić information content (AvgIpc) is 2.57. The molecule has 2 saturated heterocycles. The molecule has 1 aromatic carbocycles. The third kappa shape index (κ3) is 4.35. The van der Waals surface area contributed by atoms with E-state index in [1.165, 1.54) is 11.1 Å². The summed E-state index contributed by atoms with van der Waals surface area (Å²) in [5, 5.41) is 5.94. The minimum absolute atomic E-state index is 0.00813. The fourth-order valence-corrected chi connectivity index (χ4v) is 3.65. The second-order valence-electron chi connectivity index (χ2n) is 7.02. The van der Waals surface area contributed by atoms with Crippen LogP contribution in [-0.4, -0.2) is 41.9 Å². The van der Waals surface area contributed by atoms with Gasteiger partial charge in [0.1, 0.15) is 6.04 Å². The molecule has 0 aliphatic carbocycles. The van der Waals surface area contributed by atoms with E-state index in [0.717, 1.165) is 45.3 Å². The van der Waals surface area contributed by atoms with Gasteiger partial charge >= 0.3 is 0 Å². The SMILES string of the molecule is Cc1ccccc1CN1CCC[C@@H](NC(=O)[C@H]2CCCC(=O)N2)C1. The van der Waals surface area contributed by atoms with Crippen LogP contribution >= 0.6 is 0 Å². The lowest BCUT2D eigenvalue weighted by Gasteiger charge is -2.34. The molecule has 130 valence electrons. The standard InChI is InChI=1S/C19H27N3O2/c1-14-6-2-3-7-15(14)12-22-11-5-8-16(13-22)20-19(24)17-9-4-10-18(23)21-17/h2-3,6-7,16-17H,4-5,8-13H2,1H3,(H,20,24)(H,21,23)/t16-,17-/m1/s1. The predicted octanol–water partition coefficient (Wildman–Crippen LogP) is 1.74. The molecule has 2 fully saturated rings. The molecule has 0 spiro atoms. The first kappa shape index (κ1) is 17.0. The van der Waals surface area contributed by atoms with E-state index in [2.05, 4.69) is 46.7 Å². The van der Waals surface area contributed by atoms with E-state index in [-0.39, 0.29) is 23.9 Å². The third-order valence-electron chi connectivity index (χ3n) is 5.06. The fraction of sp³-hybridized carbons (Fsp3) is 0.579. The number of hydrogen-bond donors (Lipinski definition) is 2. The molecule has 2 amide bonds. The highest BCUT2D eigenvalue weighted by molar-refractivity contribution is 5.88. The number of carbonyl (C=O) groups excluding carboxylic acids is 2. The summed E-state index contributed by atoms with van der Waals surface area (Å²) in [5.41, 5.74) is 2.66. The average molecular weight is 329 g/mol. The van der Waals surface area contributed by atoms with Crippen LogP contribution in [0.3, 0.4) is 0 Å². The first-order valence-corrected chi connectivity index (χ1v) is 8.98. The molecule has 0 saturated carbocycles. The Hall–Kier alpha value is -1.88. The van der Waals surface area contributed by atoms with Gasteiger partial charge in [-0.25, -0.2) is 0 Å². The molecule has 0 bridgehead atoms. The van der Waals surface area contributed by atoms with E-state index in [0.29, 0.717) is 6.42 Å². The van der Waals surface area contributed by atoms with Crippen molar-refractivity contribution in [3.8, 4) is 0 Å². The molecule has 2 aliphatic heterocycles. The highest BCUT2D eigenvalue weighted by atomic mass is 16.2. The van der Waals surface area contributed by atoms with Gasteiger partial charge in [-0.2, -0.15) is 0 Å². The van der Waals surface area contributed by atoms with Crippen LogP contribution < -0.4 is 10.6 Å². The monoisotopic (exact) mass is 329 g/mol. The number of piperidine rings is 2. The first-order valence-electron chi connectivity index (χ1n) is 8.98. The van der Waals surface area contributed by atoms with Crippen molar-refractivity contribution >= 4 is 11.8 Å². The number of nitrogens with one attached hydrogen (secondary N) is 2. The maximum Gasteiger partial charge on any atom is 0.242 e. The second kappa shape index (κ2) is 7.79. The minimum Gasteiger partial charge on any atom is -0.350 e. The van der Waals surface area contributed by atoms with Gasteiger partial charge in [0.25, 0.3) is 0 Å². The maximum atomic E-state index is 12.4. The Kier molecular flexibility index (Phi) is 5.51. The molecule has 0 aromatic heterocycles. The summed E-state index contributed by atoms with van der Waals surface area (Å²) in [4.78, 5) is 26.3. The molecule has 3 rings (SSSR count). The molecular weight excluding hydrogens is 302 g/mol. The molecule has 0 radical (unpaired) electrons. The van der Waals surface area contributed by atoms with Crippen molar-refractivity contribution in [2.45, 2.75) is 57.7 Å². The van der Waals surface area contributed by atoms with Crippen molar-refractivity contribution in [2.75, 3.05) is 13.1 Å². The van der Waals surface area contributed by atoms with Crippen LogP contribution in [0.2, 0.25) is 0 Å². The number of nitrogens with zero attached hydrogens (tertiary/aromatic N) is 1. The number of rotatable bonds is 4. The van der Waals surface area contributed by atoms with Crippen LogP contribution in [0.15, 0.2) is 24.3 Å². The van der Waals surface area contributed by atoms with E-state index >= 15 is 0 Å². The number of likely N-dealkylation sites (tertiary alicyclic amines) is 1. The lowest BCUT2D eigenvalue weighted by atomic mass is 10.0. The van der Waals surface area contributed by atoms with Crippen LogP contribution in [0.25, 0.3) is 0 Å². The Bertz CT molecular complexity index is 602. The number of hydrogen-bond acceptors (Lipinski definition) is 3. The minimum atomic E-state index is -0.349. The van der Waals surface area contributed by atoms with Crippen LogP contribution in [0.1, 0.15) is 43.2 Å². The highest BCUT2D eigenvalue weighted by Crippen LogP contribution is 2.17. The summed E-state index contributed by atoms with van der Waals surface area (Å²) in [6.45, 7) is 5.02. The van der Waals surface area contributed by atoms with Crippen molar-refractivity contribution in [1.82, 2.24) is 15.5 Å². The molecular formula is C19H27N3O2. The Labute approximate surface area is 143 Å². The molecule has 2 heterocycles. The van der Waals surface area contributed by atoms with Gasteiger partial charge in [0, 0.05) is 25.6 Å². The van der Waals surface area contributed by atoms with E-state index in [4.69, 9.17) is 0 Å². The molecule has 5 nitrogen and oxygen atoms in total. The number of aryl methyl sites for hydroxylation is 1. The third-order valence-corrected chi connectivity index (χ3v) is 5.06. The van der Waals surface area contributed by atoms with E-state index in [9.17, 15) is 9.59 Å². The predicted molar refractivity (Wildman–Crippen MR) is 93.4 cm³/mol. The number of carbonyl (C=O) groups is 2. The Balaban J connectivity index is 1.53. The number of amides is 2. The molecule has 0 unspecified atom stereocenters. The van der Waals surface area contributed by atoms with Crippen molar-refractivity contribution in [3.05, 3.63) is 35.4 Å². The normalized spacial score (nSPS) is 25.1. The summed E-state index contributed by atoms with van der Waals surface area (Å²) < 4.78 is 0. The molecule has 2 aliphatic rings. The van der Waals surface area contributed by atoms with Crippen LogP contribution in [0.4, 0.5) is 0 Å². The fourth-order valence-electron chi connectivity index (χ4n) is 3.65. The zero-order valence-electron chi connectivity index (χ0n) is 14.4. The molecule has 1 aromatic rings. The lowest BCUT2D eigenvalue weighted by Crippen LogP contribution is -2.54. The van der Waals surface area contributed by atoms with Gasteiger partial charge in [-0.15, -0.1) is 0 Å². The summed E-state index contributed by atoms with van der Waals surface area (Å²) in [5.74, 6) is -0.0305. The lowest BCUT2D eigenvalue weighted by molar-refractivity contribution is -0.131. The number of benzene rings is 1. The summed E-state index contributed by atoms with van der Waals surface area (Å²) in [6, 6.07) is 8.29. The van der Waals surface area contributed by atoms with Gasteiger partial charge in [-0.1, -0.05) is 24.3 Å². The van der Waals surface area contributed by atoms with Gasteiger partial charge in [0.15, 0.2) is 0 Å². The Morgan fingerprint density at radius 2 is 2.12 bits per heavy atom. The second-order valence-corrected chi connectivity index (χ2v) is 7.02. The van der Waals surface area contributed by atoms with Crippen molar-refractivity contribution in [1.29, 1.82) is 0 Å². The van der Waals surface area contributed by atoms with Crippen molar-refractivity contribution in [2.24, 2.45) is 0 Å². The van der Waals surface area contributed by atoms with Crippen LogP contribution in [-0.2, 0) is 16.1 Å². The van der Waals surface area contributed by atoms with Crippen LogP contribution in [0, 0.1) is 6.92 Å². The Morgan fingerprint density at radius 1 is 1.29 bits per heavy atom. The van der Waals surface area contributed by atoms with Gasteiger partial charge in [-0.05, 0) is 50.3 Å². The van der Waals surface area contributed by atoms with E-state index < -0.39 is 0 Å². The maximum absolute atomic E-state index is 12.4. The quantitative estimate of drug-likeness (QED) is 0.885. The largest absolute Gasteiger partial charge is 0.350 e. The van der Waals surface area contributed by atoms with E-state index in [1.807, 2.05) is 0 Å². The van der Waals surface area contributed by atoms with Gasteiger partial charge in [0.2, 0.25) is 11.8 Å². The first-order chi connectivity index (χ1) is 11.6. The Morgan fingerprint density at radius 3 is 2.92 bits per heavy atom. The van der Waals surface area contributed by atoms with Gasteiger partial charge in [-0.3, -0.25) is 14.5 Å². The molecule has 2 N–H and O–H groups in total. The highest BCUT2D eigenvalue weighted by Gasteiger charge is 2.28. The summed E-state index contributed by atoms with van der Waals surface area (Å²) >= 11 is 0. The summed E-state index contributed by atoms with van der Waals surface area (Å²) in [6.07, 6.45) is 4.19. The summed E-state index contributed by atoms with van der Waals surface area (Å²) in [7, 11) is 0. The van der Waals surface area contributed by atoms with E-state index in [1.54, 1.807) is 0 Å². The smallest absolute Gasteiger partial charge is 0.242 e. The van der Waals surface area contributed by atoms with Gasteiger partial charge in [0.05, 0.1) is 0 Å². The molecule has 24 heavy (non-hydrogen) atoms. The molecule has 2 atom stereocenters.